The number of hydrogen-bond donors (Lipinski definition) is 2. The van der Waals surface area contributed by atoms with Gasteiger partial charge in [0.15, 0.2) is 0 Å². The van der Waals surface area contributed by atoms with E-state index in [0.29, 0.717) is 38.7 Å². The Bertz CT molecular complexity index is 897. The molecular weight excluding hydrogens is 415 g/mol. The Kier molecular flexibility index (Phi) is 5.62. The Labute approximate surface area is 167 Å². The van der Waals surface area contributed by atoms with Crippen molar-refractivity contribution in [3.05, 3.63) is 17.5 Å². The average Bonchev–Trinajstić information content (AvgIpc) is 3.05. The van der Waals surface area contributed by atoms with Crippen LogP contribution in [0.5, 0.6) is 5.88 Å². The second-order valence-corrected chi connectivity index (χ2v) is 6.86. The fourth-order valence-corrected chi connectivity index (χ4v) is 3.41. The van der Waals surface area contributed by atoms with E-state index in [2.05, 4.69) is 25.7 Å². The van der Waals surface area contributed by atoms with Gasteiger partial charge in [0.25, 0.3) is 12.3 Å². The number of anilines is 3. The molecule has 0 unspecified atom stereocenters. The molecule has 0 aromatic carbocycles. The SMILES string of the molecule is FC(F)c1c2c(nn1C1CCOCC1)OCCCNc1nc(ncc1C(F)(F)F)N2. The molecule has 8 nitrogen and oxygen atoms in total. The van der Waals surface area contributed by atoms with Crippen molar-refractivity contribution in [2.75, 3.05) is 37.0 Å². The van der Waals surface area contributed by atoms with Crippen molar-refractivity contribution in [3.63, 3.8) is 0 Å². The number of nitrogens with zero attached hydrogens (tertiary/aromatic N) is 4. The zero-order chi connectivity index (χ0) is 21.3. The first-order valence-corrected chi connectivity index (χ1v) is 9.41. The quantitative estimate of drug-likeness (QED) is 0.693. The van der Waals surface area contributed by atoms with Crippen LogP contribution in [0, 0.1) is 0 Å². The lowest BCUT2D eigenvalue weighted by Crippen LogP contribution is -2.22. The van der Waals surface area contributed by atoms with Gasteiger partial charge in [-0.05, 0) is 19.3 Å². The summed E-state index contributed by atoms with van der Waals surface area (Å²) in [4.78, 5) is 7.51. The number of alkyl halides is 5. The standard InChI is InChI=1S/C17H19F5N6O2/c18-13(19)12-11-15(27-28(12)9-2-6-29-7-3-9)30-5-1-4-23-14-10(17(20,21)22)8-24-16(25-11)26-14/h8-9,13H,1-7H2,(H2,23,24,25,26). The molecule has 13 heteroatoms. The first-order valence-electron chi connectivity index (χ1n) is 9.41. The molecule has 1 saturated heterocycles. The van der Waals surface area contributed by atoms with E-state index in [0.717, 1.165) is 0 Å². The lowest BCUT2D eigenvalue weighted by Gasteiger charge is -2.24. The lowest BCUT2D eigenvalue weighted by molar-refractivity contribution is -0.137. The minimum atomic E-state index is -4.66. The van der Waals surface area contributed by atoms with E-state index < -0.39 is 29.7 Å². The zero-order valence-corrected chi connectivity index (χ0v) is 15.7. The Morgan fingerprint density at radius 3 is 2.63 bits per heavy atom. The van der Waals surface area contributed by atoms with E-state index in [4.69, 9.17) is 9.47 Å². The van der Waals surface area contributed by atoms with Crippen molar-refractivity contribution >= 4 is 17.5 Å². The fraction of sp³-hybridized carbons (Fsp3) is 0.588. The van der Waals surface area contributed by atoms with Crippen molar-refractivity contribution in [1.29, 1.82) is 0 Å². The van der Waals surface area contributed by atoms with Gasteiger partial charge < -0.3 is 20.1 Å². The van der Waals surface area contributed by atoms with Crippen LogP contribution in [0.25, 0.3) is 0 Å². The van der Waals surface area contributed by atoms with Crippen LogP contribution in [0.4, 0.5) is 39.4 Å². The number of ether oxygens (including phenoxy) is 2. The van der Waals surface area contributed by atoms with Crippen LogP contribution in [-0.4, -0.2) is 46.1 Å². The van der Waals surface area contributed by atoms with Crippen molar-refractivity contribution in [1.82, 2.24) is 19.7 Å². The molecule has 2 bridgehead atoms. The molecule has 0 spiro atoms. The summed E-state index contributed by atoms with van der Waals surface area (Å²) in [5, 5.41) is 9.43. The van der Waals surface area contributed by atoms with E-state index in [-0.39, 0.29) is 36.7 Å². The van der Waals surface area contributed by atoms with Gasteiger partial charge in [-0.15, -0.1) is 5.10 Å². The molecule has 0 atom stereocenters. The number of nitrogens with one attached hydrogen (secondary N) is 2. The highest BCUT2D eigenvalue weighted by Gasteiger charge is 2.36. The summed E-state index contributed by atoms with van der Waals surface area (Å²) in [5.74, 6) is -0.770. The van der Waals surface area contributed by atoms with Crippen LogP contribution in [0.2, 0.25) is 0 Å². The molecule has 0 saturated carbocycles. The minimum absolute atomic E-state index is 0.0660. The minimum Gasteiger partial charge on any atom is -0.475 e. The van der Waals surface area contributed by atoms with Crippen LogP contribution in [0.3, 0.4) is 0 Å². The van der Waals surface area contributed by atoms with E-state index >= 15 is 0 Å². The normalized spacial score (nSPS) is 18.1. The summed E-state index contributed by atoms with van der Waals surface area (Å²) in [6.07, 6.45) is -5.64. The Balaban J connectivity index is 1.77. The molecule has 2 aromatic rings. The molecule has 2 aliphatic rings. The summed E-state index contributed by atoms with van der Waals surface area (Å²) in [6, 6.07) is -0.306. The van der Waals surface area contributed by atoms with Gasteiger partial charge in [-0.2, -0.15) is 18.2 Å². The van der Waals surface area contributed by atoms with Gasteiger partial charge in [-0.25, -0.2) is 13.8 Å². The number of rotatable bonds is 2. The highest BCUT2D eigenvalue weighted by atomic mass is 19.4. The summed E-state index contributed by atoms with van der Waals surface area (Å²) < 4.78 is 79.7. The van der Waals surface area contributed by atoms with E-state index in [1.54, 1.807) is 0 Å². The van der Waals surface area contributed by atoms with Gasteiger partial charge in [0, 0.05) is 26.0 Å². The van der Waals surface area contributed by atoms with Crippen LogP contribution in [0.1, 0.15) is 43.0 Å². The molecular formula is C17H19F5N6O2. The van der Waals surface area contributed by atoms with Crippen molar-refractivity contribution in [2.45, 2.75) is 37.9 Å². The predicted octanol–water partition coefficient (Wildman–Crippen LogP) is 3.92. The third-order valence-corrected chi connectivity index (χ3v) is 4.84. The highest BCUT2D eigenvalue weighted by Crippen LogP contribution is 2.40. The Morgan fingerprint density at radius 1 is 1.17 bits per heavy atom. The Morgan fingerprint density at radius 2 is 1.93 bits per heavy atom. The zero-order valence-electron chi connectivity index (χ0n) is 15.7. The fourth-order valence-electron chi connectivity index (χ4n) is 3.41. The molecule has 0 aliphatic carbocycles. The van der Waals surface area contributed by atoms with Crippen LogP contribution < -0.4 is 15.4 Å². The number of halogens is 5. The van der Waals surface area contributed by atoms with Crippen LogP contribution >= 0.6 is 0 Å². The summed E-state index contributed by atoms with van der Waals surface area (Å²) in [6.45, 7) is 1.05. The maximum atomic E-state index is 14.0. The van der Waals surface area contributed by atoms with Crippen LogP contribution in [0.15, 0.2) is 6.20 Å². The molecule has 2 N–H and O–H groups in total. The smallest absolute Gasteiger partial charge is 0.421 e. The van der Waals surface area contributed by atoms with E-state index in [1.165, 1.54) is 4.68 Å². The topological polar surface area (TPSA) is 86.1 Å². The van der Waals surface area contributed by atoms with Gasteiger partial charge >= 0.3 is 6.18 Å². The summed E-state index contributed by atoms with van der Waals surface area (Å²) >= 11 is 0. The molecule has 2 aliphatic heterocycles. The summed E-state index contributed by atoms with van der Waals surface area (Å²) in [7, 11) is 0. The molecule has 1 fully saturated rings. The third-order valence-electron chi connectivity index (χ3n) is 4.84. The first-order chi connectivity index (χ1) is 14.3. The number of hydrogen-bond acceptors (Lipinski definition) is 7. The second-order valence-electron chi connectivity index (χ2n) is 6.86. The third kappa shape index (κ3) is 4.11. The van der Waals surface area contributed by atoms with E-state index in [9.17, 15) is 22.0 Å². The monoisotopic (exact) mass is 434 g/mol. The second kappa shape index (κ2) is 8.20. The maximum absolute atomic E-state index is 14.0. The summed E-state index contributed by atoms with van der Waals surface area (Å²) in [5.41, 5.74) is -1.61. The largest absolute Gasteiger partial charge is 0.475 e. The highest BCUT2D eigenvalue weighted by molar-refractivity contribution is 5.65. The first kappa shape index (κ1) is 20.6. The van der Waals surface area contributed by atoms with Gasteiger partial charge in [0.1, 0.15) is 22.8 Å². The molecule has 4 heterocycles. The Hall–Kier alpha value is -2.70. The van der Waals surface area contributed by atoms with E-state index in [1.807, 2.05) is 0 Å². The van der Waals surface area contributed by atoms with Gasteiger partial charge in [0.05, 0.1) is 12.6 Å². The van der Waals surface area contributed by atoms with Crippen molar-refractivity contribution < 1.29 is 31.4 Å². The van der Waals surface area contributed by atoms with Gasteiger partial charge in [-0.1, -0.05) is 0 Å². The number of aromatic nitrogens is 4. The van der Waals surface area contributed by atoms with Gasteiger partial charge in [0.2, 0.25) is 5.95 Å². The molecule has 30 heavy (non-hydrogen) atoms. The number of fused-ring (bicyclic) bond motifs is 3. The molecule has 4 rings (SSSR count). The molecule has 0 amide bonds. The lowest BCUT2D eigenvalue weighted by atomic mass is 10.1. The molecule has 164 valence electrons. The maximum Gasteiger partial charge on any atom is 0.421 e. The molecule has 2 aromatic heterocycles. The van der Waals surface area contributed by atoms with Crippen molar-refractivity contribution in [2.24, 2.45) is 0 Å². The van der Waals surface area contributed by atoms with Gasteiger partial charge in [-0.3, -0.25) is 4.68 Å². The molecule has 0 radical (unpaired) electrons. The van der Waals surface area contributed by atoms with Crippen molar-refractivity contribution in [3.8, 4) is 5.88 Å². The average molecular weight is 434 g/mol. The predicted molar refractivity (Wildman–Crippen MR) is 95.2 cm³/mol. The van der Waals surface area contributed by atoms with Crippen LogP contribution in [-0.2, 0) is 10.9 Å².